The fourth-order valence-corrected chi connectivity index (χ4v) is 2.52. The quantitative estimate of drug-likeness (QED) is 0.895. The highest BCUT2D eigenvalue weighted by Gasteiger charge is 2.24. The molecule has 0 aliphatic carbocycles. The van der Waals surface area contributed by atoms with Crippen LogP contribution in [0.5, 0.6) is 5.75 Å². The van der Waals surface area contributed by atoms with Gasteiger partial charge in [0.25, 0.3) is 0 Å². The number of nitrogens with zero attached hydrogens (tertiary/aromatic N) is 1. The second-order valence-electron chi connectivity index (χ2n) is 5.54. The van der Waals surface area contributed by atoms with Gasteiger partial charge in [-0.05, 0) is 31.4 Å². The summed E-state index contributed by atoms with van der Waals surface area (Å²) in [7, 11) is 0. The number of hydrogen-bond acceptors (Lipinski definition) is 3. The highest BCUT2D eigenvalue weighted by atomic mass is 16.5. The van der Waals surface area contributed by atoms with Crippen LogP contribution in [0.4, 0.5) is 0 Å². The smallest absolute Gasteiger partial charge is 0.225 e. The lowest BCUT2D eigenvalue weighted by Crippen LogP contribution is -2.47. The molecule has 2 rings (SSSR count). The second kappa shape index (κ2) is 7.29. The van der Waals surface area contributed by atoms with E-state index >= 15 is 0 Å². The second-order valence-corrected chi connectivity index (χ2v) is 5.54. The molecule has 2 atom stereocenters. The number of carbonyl (C=O) groups is 1. The first-order valence-corrected chi connectivity index (χ1v) is 7.39. The third kappa shape index (κ3) is 4.23. The van der Waals surface area contributed by atoms with Crippen LogP contribution in [0, 0.1) is 5.92 Å². The van der Waals surface area contributed by atoms with Gasteiger partial charge in [0.1, 0.15) is 5.75 Å². The van der Waals surface area contributed by atoms with Crippen molar-refractivity contribution in [3.63, 3.8) is 0 Å². The van der Waals surface area contributed by atoms with Crippen LogP contribution < -0.4 is 10.5 Å². The van der Waals surface area contributed by atoms with E-state index in [1.54, 1.807) is 0 Å². The molecule has 0 spiro atoms. The summed E-state index contributed by atoms with van der Waals surface area (Å²) >= 11 is 0. The first-order valence-electron chi connectivity index (χ1n) is 7.39. The van der Waals surface area contributed by atoms with Crippen LogP contribution in [0.3, 0.4) is 0 Å². The maximum atomic E-state index is 12.3. The van der Waals surface area contributed by atoms with Gasteiger partial charge in [-0.15, -0.1) is 0 Å². The molecule has 1 saturated heterocycles. The topological polar surface area (TPSA) is 55.6 Å². The number of carbonyl (C=O) groups excluding carboxylic acids is 1. The third-order valence-corrected chi connectivity index (χ3v) is 3.75. The summed E-state index contributed by atoms with van der Waals surface area (Å²) < 4.78 is 5.64. The van der Waals surface area contributed by atoms with Crippen molar-refractivity contribution in [3.05, 3.63) is 30.3 Å². The fourth-order valence-electron chi connectivity index (χ4n) is 2.52. The first-order chi connectivity index (χ1) is 9.66. The molecule has 110 valence electrons. The van der Waals surface area contributed by atoms with E-state index in [1.165, 1.54) is 0 Å². The number of benzene rings is 1. The lowest BCUT2D eigenvalue weighted by Gasteiger charge is -2.32. The molecular formula is C16H24N2O2. The molecule has 0 bridgehead atoms. The molecule has 1 aliphatic heterocycles. The summed E-state index contributed by atoms with van der Waals surface area (Å²) in [4.78, 5) is 14.2. The Labute approximate surface area is 120 Å². The molecule has 1 heterocycles. The Balaban J connectivity index is 1.73. The minimum Gasteiger partial charge on any atom is -0.494 e. The van der Waals surface area contributed by atoms with E-state index in [2.05, 4.69) is 0 Å². The van der Waals surface area contributed by atoms with Crippen LogP contribution in [0.15, 0.2) is 30.3 Å². The van der Waals surface area contributed by atoms with Gasteiger partial charge in [-0.3, -0.25) is 4.79 Å². The number of rotatable bonds is 5. The highest BCUT2D eigenvalue weighted by Crippen LogP contribution is 2.15. The largest absolute Gasteiger partial charge is 0.494 e. The molecule has 4 heteroatoms. The summed E-state index contributed by atoms with van der Waals surface area (Å²) in [6, 6.07) is 9.84. The summed E-state index contributed by atoms with van der Waals surface area (Å²) in [5.74, 6) is 1.05. The fraction of sp³-hybridized carbons (Fsp3) is 0.562. The van der Waals surface area contributed by atoms with E-state index in [-0.39, 0.29) is 17.9 Å². The lowest BCUT2D eigenvalue weighted by molar-refractivity contribution is -0.136. The Bertz CT molecular complexity index is 422. The number of likely N-dealkylation sites (tertiary alicyclic amines) is 1. The minimum atomic E-state index is -0.0102. The molecule has 1 aliphatic rings. The van der Waals surface area contributed by atoms with E-state index in [0.717, 1.165) is 31.6 Å². The van der Waals surface area contributed by atoms with Crippen LogP contribution >= 0.6 is 0 Å². The molecule has 4 nitrogen and oxygen atoms in total. The summed E-state index contributed by atoms with van der Waals surface area (Å²) in [6.45, 7) is 4.08. The maximum absolute atomic E-state index is 12.3. The standard InChI is InChI=1S/C16H24N2O2/c1-13(9-11-20-15-7-3-2-4-8-15)16(19)18-10-5-6-14(17)12-18/h2-4,7-8,13-14H,5-6,9-12,17H2,1H3. The van der Waals surface area contributed by atoms with Crippen molar-refractivity contribution in [1.29, 1.82) is 0 Å². The Hall–Kier alpha value is -1.55. The summed E-state index contributed by atoms with van der Waals surface area (Å²) in [5, 5.41) is 0. The molecule has 1 amide bonds. The normalized spacial score (nSPS) is 20.5. The number of hydrogen-bond donors (Lipinski definition) is 1. The van der Waals surface area contributed by atoms with Gasteiger partial charge in [-0.1, -0.05) is 25.1 Å². The van der Waals surface area contributed by atoms with E-state index in [1.807, 2.05) is 42.2 Å². The Morgan fingerprint density at radius 3 is 2.90 bits per heavy atom. The minimum absolute atomic E-state index is 0.0102. The molecule has 0 radical (unpaired) electrons. The van der Waals surface area contributed by atoms with E-state index in [0.29, 0.717) is 13.2 Å². The van der Waals surface area contributed by atoms with Crippen molar-refractivity contribution in [2.24, 2.45) is 11.7 Å². The Kier molecular flexibility index (Phi) is 5.41. The lowest BCUT2D eigenvalue weighted by atomic mass is 10.0. The first kappa shape index (κ1) is 14.9. The number of amides is 1. The summed E-state index contributed by atoms with van der Waals surface area (Å²) in [6.07, 6.45) is 2.77. The zero-order chi connectivity index (χ0) is 14.4. The van der Waals surface area contributed by atoms with Crippen LogP contribution in [-0.2, 0) is 4.79 Å². The van der Waals surface area contributed by atoms with Gasteiger partial charge < -0.3 is 15.4 Å². The van der Waals surface area contributed by atoms with Crippen LogP contribution in [-0.4, -0.2) is 36.5 Å². The molecular weight excluding hydrogens is 252 g/mol. The van der Waals surface area contributed by atoms with Crippen molar-refractivity contribution >= 4 is 5.91 Å². The van der Waals surface area contributed by atoms with Crippen molar-refractivity contribution in [2.75, 3.05) is 19.7 Å². The van der Waals surface area contributed by atoms with Gasteiger partial charge in [-0.2, -0.15) is 0 Å². The number of ether oxygens (including phenoxy) is 1. The number of para-hydroxylation sites is 1. The van der Waals surface area contributed by atoms with Crippen molar-refractivity contribution in [2.45, 2.75) is 32.2 Å². The van der Waals surface area contributed by atoms with Gasteiger partial charge in [-0.25, -0.2) is 0 Å². The SMILES string of the molecule is CC(CCOc1ccccc1)C(=O)N1CCCC(N)C1. The average molecular weight is 276 g/mol. The molecule has 2 N–H and O–H groups in total. The van der Waals surface area contributed by atoms with E-state index < -0.39 is 0 Å². The number of nitrogens with two attached hydrogens (primary N) is 1. The van der Waals surface area contributed by atoms with Crippen molar-refractivity contribution in [1.82, 2.24) is 4.90 Å². The molecule has 1 aromatic rings. The van der Waals surface area contributed by atoms with Crippen LogP contribution in [0.2, 0.25) is 0 Å². The Morgan fingerprint density at radius 1 is 1.45 bits per heavy atom. The molecule has 1 aromatic carbocycles. The predicted octanol–water partition coefficient (Wildman–Crippen LogP) is 2.04. The molecule has 2 unspecified atom stereocenters. The van der Waals surface area contributed by atoms with Gasteiger partial charge in [0.15, 0.2) is 0 Å². The molecule has 1 fully saturated rings. The molecule has 0 saturated carbocycles. The predicted molar refractivity (Wildman–Crippen MR) is 79.5 cm³/mol. The zero-order valence-electron chi connectivity index (χ0n) is 12.1. The zero-order valence-corrected chi connectivity index (χ0v) is 12.1. The third-order valence-electron chi connectivity index (χ3n) is 3.75. The highest BCUT2D eigenvalue weighted by molar-refractivity contribution is 5.78. The van der Waals surface area contributed by atoms with Gasteiger partial charge in [0, 0.05) is 25.0 Å². The maximum Gasteiger partial charge on any atom is 0.225 e. The van der Waals surface area contributed by atoms with Gasteiger partial charge >= 0.3 is 0 Å². The average Bonchev–Trinajstić information content (AvgIpc) is 2.47. The Morgan fingerprint density at radius 2 is 2.20 bits per heavy atom. The number of piperidine rings is 1. The van der Waals surface area contributed by atoms with Gasteiger partial charge in [0.2, 0.25) is 5.91 Å². The van der Waals surface area contributed by atoms with Crippen LogP contribution in [0.1, 0.15) is 26.2 Å². The summed E-state index contributed by atoms with van der Waals surface area (Å²) in [5.41, 5.74) is 5.92. The molecule has 20 heavy (non-hydrogen) atoms. The van der Waals surface area contributed by atoms with E-state index in [9.17, 15) is 4.79 Å². The van der Waals surface area contributed by atoms with E-state index in [4.69, 9.17) is 10.5 Å². The van der Waals surface area contributed by atoms with Crippen molar-refractivity contribution in [3.8, 4) is 5.75 Å². The monoisotopic (exact) mass is 276 g/mol. The van der Waals surface area contributed by atoms with Crippen LogP contribution in [0.25, 0.3) is 0 Å². The molecule has 0 aromatic heterocycles. The van der Waals surface area contributed by atoms with Crippen molar-refractivity contribution < 1.29 is 9.53 Å². The van der Waals surface area contributed by atoms with Gasteiger partial charge in [0.05, 0.1) is 6.61 Å².